The molecule has 0 unspecified atom stereocenters. The van der Waals surface area contributed by atoms with Crippen LogP contribution in [0, 0.1) is 0 Å². The van der Waals surface area contributed by atoms with Gasteiger partial charge in [-0.15, -0.1) is 0 Å². The van der Waals surface area contributed by atoms with Gasteiger partial charge in [0, 0.05) is 0 Å². The van der Waals surface area contributed by atoms with Gasteiger partial charge in [-0.1, -0.05) is 0 Å². The molecule has 0 aliphatic carbocycles. The van der Waals surface area contributed by atoms with Gasteiger partial charge in [-0.3, -0.25) is 4.79 Å². The van der Waals surface area contributed by atoms with Gasteiger partial charge < -0.3 is 15.3 Å². The second-order valence-electron chi connectivity index (χ2n) is 2.89. The Morgan fingerprint density at radius 2 is 2.00 bits per heavy atom. The third-order valence-corrected chi connectivity index (χ3v) is 2.65. The Labute approximate surface area is 85.4 Å². The molecule has 1 aliphatic rings. The molecule has 3 atom stereocenters. The van der Waals surface area contributed by atoms with E-state index in [4.69, 9.17) is 10.2 Å². The van der Waals surface area contributed by atoms with E-state index >= 15 is 0 Å². The fourth-order valence-corrected chi connectivity index (χ4v) is 1.84. The van der Waals surface area contributed by atoms with Crippen molar-refractivity contribution in [2.24, 2.45) is 0 Å². The molecule has 1 saturated heterocycles. The molecule has 0 aromatic carbocycles. The van der Waals surface area contributed by atoms with Crippen LogP contribution in [-0.2, 0) is 23.6 Å². The smallest absolute Gasteiger partial charge is 0.388 e. The third kappa shape index (κ3) is 2.93. The lowest BCUT2D eigenvalue weighted by atomic mass is 10.1. The van der Waals surface area contributed by atoms with Crippen LogP contribution in [0.15, 0.2) is 0 Å². The molecular formula is C6H10O8S. The summed E-state index contributed by atoms with van der Waals surface area (Å²) in [6, 6.07) is 0. The first-order valence-electron chi connectivity index (χ1n) is 3.94. The van der Waals surface area contributed by atoms with E-state index in [1.165, 1.54) is 0 Å². The topological polar surface area (TPSA) is 130 Å². The number of hydrogen-bond donors (Lipinski definition) is 3. The first-order valence-corrected chi connectivity index (χ1v) is 5.28. The maximum atomic E-state index is 11.0. The third-order valence-electron chi connectivity index (χ3n) is 1.78. The average Bonchev–Trinajstić information content (AvgIpc) is 2.29. The van der Waals surface area contributed by atoms with Crippen LogP contribution < -0.4 is 0 Å². The van der Waals surface area contributed by atoms with Crippen molar-refractivity contribution in [3.63, 3.8) is 0 Å². The van der Waals surface area contributed by atoms with Crippen LogP contribution in [0.5, 0.6) is 0 Å². The molecule has 8 nitrogen and oxygen atoms in total. The fourth-order valence-electron chi connectivity index (χ4n) is 0.999. The average molecular weight is 242 g/mol. The van der Waals surface area contributed by atoms with Crippen LogP contribution in [0.25, 0.3) is 0 Å². The van der Waals surface area contributed by atoms with Crippen LogP contribution >= 0.6 is 0 Å². The molecule has 0 saturated carbocycles. The van der Waals surface area contributed by atoms with Crippen molar-refractivity contribution in [1.82, 2.24) is 0 Å². The molecule has 0 amide bonds. The molecule has 1 heterocycles. The zero-order valence-electron chi connectivity index (χ0n) is 7.44. The highest BCUT2D eigenvalue weighted by Gasteiger charge is 2.40. The van der Waals surface area contributed by atoms with Gasteiger partial charge in [0.25, 0.3) is 0 Å². The molecule has 0 spiro atoms. The Morgan fingerprint density at radius 1 is 1.40 bits per heavy atom. The Balaban J connectivity index is 2.95. The van der Waals surface area contributed by atoms with Crippen molar-refractivity contribution in [1.29, 1.82) is 0 Å². The van der Waals surface area contributed by atoms with Crippen LogP contribution in [0.1, 0.15) is 0 Å². The summed E-state index contributed by atoms with van der Waals surface area (Å²) >= 11 is 0. The van der Waals surface area contributed by atoms with Gasteiger partial charge in [-0.2, -0.15) is 8.42 Å². The van der Waals surface area contributed by atoms with Gasteiger partial charge in [0.2, 0.25) is 0 Å². The number of aliphatic hydroxyl groups excluding tert-OH is 3. The summed E-state index contributed by atoms with van der Waals surface area (Å²) in [6.07, 6.45) is -5.19. The standard InChI is InChI=1S/C6H10O8S/c7-1-3(8)6-5(10)4(9)2-13-15(11,12)14-6/h4-7,9-10H,1-2H2/t4-,5+,6-/m1/s1. The van der Waals surface area contributed by atoms with Crippen molar-refractivity contribution in [3.05, 3.63) is 0 Å². The summed E-state index contributed by atoms with van der Waals surface area (Å²) in [5, 5.41) is 26.9. The van der Waals surface area contributed by atoms with E-state index in [0.717, 1.165) is 0 Å². The molecule has 0 radical (unpaired) electrons. The minimum absolute atomic E-state index is 0.710. The first kappa shape index (κ1) is 12.5. The van der Waals surface area contributed by atoms with Crippen LogP contribution in [0.2, 0.25) is 0 Å². The number of carbonyl (C=O) groups excluding carboxylic acids is 1. The summed E-state index contributed by atoms with van der Waals surface area (Å²) < 4.78 is 30.1. The highest BCUT2D eigenvalue weighted by molar-refractivity contribution is 7.81. The highest BCUT2D eigenvalue weighted by Crippen LogP contribution is 2.16. The predicted octanol–water partition coefficient (Wildman–Crippen LogP) is -3.07. The monoisotopic (exact) mass is 242 g/mol. The number of Topliss-reactive ketones (excluding diaryl/α,β-unsaturated/α-hetero) is 1. The van der Waals surface area contributed by atoms with Crippen molar-refractivity contribution in [3.8, 4) is 0 Å². The van der Waals surface area contributed by atoms with Crippen molar-refractivity contribution < 1.29 is 36.9 Å². The maximum absolute atomic E-state index is 11.0. The summed E-state index contributed by atoms with van der Waals surface area (Å²) in [5.74, 6) is -1.06. The molecule has 1 fully saturated rings. The molecule has 88 valence electrons. The molecule has 0 bridgehead atoms. The fraction of sp³-hybridized carbons (Fsp3) is 0.833. The zero-order valence-corrected chi connectivity index (χ0v) is 8.25. The zero-order chi connectivity index (χ0) is 11.6. The summed E-state index contributed by atoms with van der Waals surface area (Å²) in [5.41, 5.74) is 0. The normalized spacial score (nSPS) is 35.8. The lowest BCUT2D eigenvalue weighted by Crippen LogP contribution is -2.44. The Kier molecular flexibility index (Phi) is 3.76. The quantitative estimate of drug-likeness (QED) is 0.465. The number of aliphatic hydroxyl groups is 3. The van der Waals surface area contributed by atoms with E-state index in [2.05, 4.69) is 8.37 Å². The Morgan fingerprint density at radius 3 is 2.53 bits per heavy atom. The van der Waals surface area contributed by atoms with Crippen molar-refractivity contribution in [2.75, 3.05) is 13.2 Å². The predicted molar refractivity (Wildman–Crippen MR) is 43.9 cm³/mol. The summed E-state index contributed by atoms with van der Waals surface area (Å²) in [4.78, 5) is 11.0. The number of carbonyl (C=O) groups is 1. The van der Waals surface area contributed by atoms with Gasteiger partial charge in [0.1, 0.15) is 18.8 Å². The lowest BCUT2D eigenvalue weighted by molar-refractivity contribution is -0.137. The van der Waals surface area contributed by atoms with Gasteiger partial charge in [0.05, 0.1) is 6.61 Å². The van der Waals surface area contributed by atoms with E-state index in [9.17, 15) is 18.3 Å². The van der Waals surface area contributed by atoms with Crippen LogP contribution in [-0.4, -0.2) is 61.0 Å². The molecule has 1 aliphatic heterocycles. The molecule has 0 aromatic rings. The van der Waals surface area contributed by atoms with Crippen molar-refractivity contribution >= 4 is 16.2 Å². The highest BCUT2D eigenvalue weighted by atomic mass is 32.3. The first-order chi connectivity index (χ1) is 6.87. The Bertz CT molecular complexity index is 335. The van der Waals surface area contributed by atoms with E-state index in [1.807, 2.05) is 0 Å². The number of ketones is 1. The van der Waals surface area contributed by atoms with Crippen LogP contribution in [0.4, 0.5) is 0 Å². The van der Waals surface area contributed by atoms with Gasteiger partial charge in [-0.05, 0) is 0 Å². The molecule has 9 heteroatoms. The Hall–Kier alpha value is -0.580. The molecule has 1 rings (SSSR count). The lowest BCUT2D eigenvalue weighted by Gasteiger charge is -2.18. The number of rotatable bonds is 2. The van der Waals surface area contributed by atoms with Gasteiger partial charge in [0.15, 0.2) is 11.9 Å². The second kappa shape index (κ2) is 4.51. The van der Waals surface area contributed by atoms with Crippen molar-refractivity contribution in [2.45, 2.75) is 18.3 Å². The summed E-state index contributed by atoms with van der Waals surface area (Å²) in [6.45, 7) is -1.72. The molecular weight excluding hydrogens is 232 g/mol. The second-order valence-corrected chi connectivity index (χ2v) is 4.14. The largest absolute Gasteiger partial charge is 0.400 e. The van der Waals surface area contributed by atoms with E-state index in [0.29, 0.717) is 0 Å². The minimum Gasteiger partial charge on any atom is -0.388 e. The maximum Gasteiger partial charge on any atom is 0.400 e. The molecule has 0 aromatic heterocycles. The molecule has 15 heavy (non-hydrogen) atoms. The van der Waals surface area contributed by atoms with E-state index in [-0.39, 0.29) is 0 Å². The van der Waals surface area contributed by atoms with Crippen LogP contribution in [0.3, 0.4) is 0 Å². The summed E-state index contributed by atoms with van der Waals surface area (Å²) in [7, 11) is -4.44. The van der Waals surface area contributed by atoms with Gasteiger partial charge >= 0.3 is 10.4 Å². The van der Waals surface area contributed by atoms with E-state index < -0.39 is 47.7 Å². The van der Waals surface area contributed by atoms with Gasteiger partial charge in [-0.25, -0.2) is 8.37 Å². The molecule has 3 N–H and O–H groups in total. The van der Waals surface area contributed by atoms with E-state index in [1.54, 1.807) is 0 Å². The SMILES string of the molecule is O=C(CO)[C@H]1OS(=O)(=O)OC[C@@H](O)[C@@H]1O. The minimum atomic E-state index is -4.44. The number of hydrogen-bond acceptors (Lipinski definition) is 8.